The van der Waals surface area contributed by atoms with Gasteiger partial charge in [0, 0.05) is 6.54 Å². The van der Waals surface area contributed by atoms with Crippen molar-refractivity contribution in [2.75, 3.05) is 6.54 Å². The maximum Gasteiger partial charge on any atom is 0.311 e. The van der Waals surface area contributed by atoms with Gasteiger partial charge in [-0.25, -0.2) is 4.98 Å². The van der Waals surface area contributed by atoms with Crippen LogP contribution in [-0.2, 0) is 4.79 Å². The number of carbonyl (C=O) groups excluding carboxylic acids is 1. The van der Waals surface area contributed by atoms with Crippen molar-refractivity contribution in [2.45, 2.75) is 25.7 Å². The SMILES string of the molecule is O=C(NCC1(C(=O)O)CCCC1)c1cccc(F)n1. The third-order valence-corrected chi connectivity index (χ3v) is 3.55. The summed E-state index contributed by atoms with van der Waals surface area (Å²) in [4.78, 5) is 26.5. The van der Waals surface area contributed by atoms with Crippen LogP contribution in [0.1, 0.15) is 36.2 Å². The largest absolute Gasteiger partial charge is 0.481 e. The van der Waals surface area contributed by atoms with Crippen LogP contribution in [0.4, 0.5) is 4.39 Å². The number of nitrogens with one attached hydrogen (secondary N) is 1. The molecule has 1 fully saturated rings. The number of carboxylic acid groups (broad SMARTS) is 1. The van der Waals surface area contributed by atoms with E-state index >= 15 is 0 Å². The van der Waals surface area contributed by atoms with Crippen LogP contribution in [0, 0.1) is 11.4 Å². The second-order valence-corrected chi connectivity index (χ2v) is 4.82. The number of halogens is 1. The first-order chi connectivity index (χ1) is 9.03. The summed E-state index contributed by atoms with van der Waals surface area (Å²) in [6, 6.07) is 3.92. The summed E-state index contributed by atoms with van der Waals surface area (Å²) >= 11 is 0. The minimum atomic E-state index is -0.891. The Morgan fingerprint density at radius 1 is 1.37 bits per heavy atom. The van der Waals surface area contributed by atoms with Gasteiger partial charge in [0.15, 0.2) is 0 Å². The third-order valence-electron chi connectivity index (χ3n) is 3.55. The lowest BCUT2D eigenvalue weighted by molar-refractivity contribution is -0.148. The van der Waals surface area contributed by atoms with Crippen molar-refractivity contribution in [2.24, 2.45) is 5.41 Å². The minimum absolute atomic E-state index is 0.0430. The summed E-state index contributed by atoms with van der Waals surface area (Å²) in [5.41, 5.74) is -0.929. The van der Waals surface area contributed by atoms with Crippen molar-refractivity contribution in [3.05, 3.63) is 29.8 Å². The molecule has 0 unspecified atom stereocenters. The van der Waals surface area contributed by atoms with E-state index < -0.39 is 23.2 Å². The zero-order valence-electron chi connectivity index (χ0n) is 10.4. The van der Waals surface area contributed by atoms with Crippen LogP contribution in [0.25, 0.3) is 0 Å². The summed E-state index contributed by atoms with van der Waals surface area (Å²) in [6.45, 7) is 0.0549. The number of aromatic nitrogens is 1. The van der Waals surface area contributed by atoms with Crippen LogP contribution in [0.5, 0.6) is 0 Å². The molecule has 0 bridgehead atoms. The van der Waals surface area contributed by atoms with Crippen LogP contribution >= 0.6 is 0 Å². The molecular weight excluding hydrogens is 251 g/mol. The average molecular weight is 266 g/mol. The number of hydrogen-bond donors (Lipinski definition) is 2. The van der Waals surface area contributed by atoms with Crippen LogP contribution in [0.3, 0.4) is 0 Å². The van der Waals surface area contributed by atoms with Gasteiger partial charge in [-0.15, -0.1) is 0 Å². The number of aliphatic carboxylic acids is 1. The molecule has 2 N–H and O–H groups in total. The Labute approximate surface area is 109 Å². The highest BCUT2D eigenvalue weighted by Crippen LogP contribution is 2.37. The first-order valence-electron chi connectivity index (χ1n) is 6.18. The van der Waals surface area contributed by atoms with Crippen molar-refractivity contribution in [1.29, 1.82) is 0 Å². The van der Waals surface area contributed by atoms with Crippen LogP contribution < -0.4 is 5.32 Å². The molecule has 2 rings (SSSR count). The highest BCUT2D eigenvalue weighted by molar-refractivity contribution is 5.92. The van der Waals surface area contributed by atoms with Crippen LogP contribution in [-0.4, -0.2) is 28.5 Å². The Hall–Kier alpha value is -1.98. The summed E-state index contributed by atoms with van der Waals surface area (Å²) in [7, 11) is 0. The molecule has 6 heteroatoms. The highest BCUT2D eigenvalue weighted by Gasteiger charge is 2.41. The zero-order chi connectivity index (χ0) is 13.9. The summed E-state index contributed by atoms with van der Waals surface area (Å²) < 4.78 is 12.9. The van der Waals surface area contributed by atoms with Crippen molar-refractivity contribution in [1.82, 2.24) is 10.3 Å². The van der Waals surface area contributed by atoms with Crippen LogP contribution in [0.15, 0.2) is 18.2 Å². The predicted octanol–water partition coefficient (Wildman–Crippen LogP) is 1.60. The second kappa shape index (κ2) is 5.34. The first-order valence-corrected chi connectivity index (χ1v) is 6.18. The molecule has 5 nitrogen and oxygen atoms in total. The molecule has 1 aromatic heterocycles. The lowest BCUT2D eigenvalue weighted by atomic mass is 9.86. The summed E-state index contributed by atoms with van der Waals surface area (Å²) in [5, 5.41) is 11.8. The molecule has 0 atom stereocenters. The van der Waals surface area contributed by atoms with E-state index in [9.17, 15) is 19.1 Å². The van der Waals surface area contributed by atoms with E-state index in [2.05, 4.69) is 10.3 Å². The van der Waals surface area contributed by atoms with Gasteiger partial charge in [0.25, 0.3) is 5.91 Å². The maximum absolute atomic E-state index is 12.9. The fourth-order valence-electron chi connectivity index (χ4n) is 2.39. The number of nitrogens with zero attached hydrogens (tertiary/aromatic N) is 1. The Morgan fingerprint density at radius 2 is 2.05 bits per heavy atom. The normalized spacial score (nSPS) is 17.1. The molecule has 0 aromatic carbocycles. The van der Waals surface area contributed by atoms with E-state index in [1.54, 1.807) is 0 Å². The van der Waals surface area contributed by atoms with Gasteiger partial charge in [0.05, 0.1) is 5.41 Å². The number of carboxylic acids is 1. The van der Waals surface area contributed by atoms with E-state index in [0.717, 1.165) is 18.9 Å². The number of pyridine rings is 1. The van der Waals surface area contributed by atoms with Gasteiger partial charge in [0.1, 0.15) is 5.69 Å². The minimum Gasteiger partial charge on any atom is -0.481 e. The molecule has 102 valence electrons. The topological polar surface area (TPSA) is 79.3 Å². The molecule has 1 saturated carbocycles. The molecule has 0 spiro atoms. The molecular formula is C13H15FN2O3. The lowest BCUT2D eigenvalue weighted by Crippen LogP contribution is -2.41. The Kier molecular flexibility index (Phi) is 3.78. The van der Waals surface area contributed by atoms with E-state index in [1.807, 2.05) is 0 Å². The lowest BCUT2D eigenvalue weighted by Gasteiger charge is -2.23. The molecule has 0 saturated heterocycles. The molecule has 1 aliphatic carbocycles. The molecule has 0 aliphatic heterocycles. The average Bonchev–Trinajstić information content (AvgIpc) is 2.86. The Bertz CT molecular complexity index is 498. The fourth-order valence-corrected chi connectivity index (χ4v) is 2.39. The Balaban J connectivity index is 2.02. The second-order valence-electron chi connectivity index (χ2n) is 4.82. The first kappa shape index (κ1) is 13.5. The maximum atomic E-state index is 12.9. The van der Waals surface area contributed by atoms with Gasteiger partial charge in [-0.1, -0.05) is 18.9 Å². The van der Waals surface area contributed by atoms with Gasteiger partial charge < -0.3 is 10.4 Å². The highest BCUT2D eigenvalue weighted by atomic mass is 19.1. The Morgan fingerprint density at radius 3 is 2.63 bits per heavy atom. The third kappa shape index (κ3) is 2.89. The molecule has 1 heterocycles. The van der Waals surface area contributed by atoms with Gasteiger partial charge in [-0.3, -0.25) is 9.59 Å². The smallest absolute Gasteiger partial charge is 0.311 e. The monoisotopic (exact) mass is 266 g/mol. The van der Waals surface area contributed by atoms with Crippen molar-refractivity contribution >= 4 is 11.9 Å². The number of carbonyl (C=O) groups is 2. The van der Waals surface area contributed by atoms with Crippen LogP contribution in [0.2, 0.25) is 0 Å². The van der Waals surface area contributed by atoms with Gasteiger partial charge >= 0.3 is 5.97 Å². The molecule has 0 radical (unpaired) electrons. The number of amides is 1. The molecule has 1 amide bonds. The van der Waals surface area contributed by atoms with E-state index in [-0.39, 0.29) is 12.2 Å². The molecule has 1 aromatic rings. The predicted molar refractivity (Wildman–Crippen MR) is 65.1 cm³/mol. The summed E-state index contributed by atoms with van der Waals surface area (Å²) in [5.74, 6) is -2.18. The van der Waals surface area contributed by atoms with Gasteiger partial charge in [0.2, 0.25) is 5.95 Å². The van der Waals surface area contributed by atoms with Gasteiger partial charge in [-0.05, 0) is 25.0 Å². The van der Waals surface area contributed by atoms with E-state index in [4.69, 9.17) is 0 Å². The fraction of sp³-hybridized carbons (Fsp3) is 0.462. The quantitative estimate of drug-likeness (QED) is 0.811. The van der Waals surface area contributed by atoms with Crippen molar-refractivity contribution in [3.63, 3.8) is 0 Å². The summed E-state index contributed by atoms with van der Waals surface area (Å²) in [6.07, 6.45) is 2.80. The standard InChI is InChI=1S/C13H15FN2O3/c14-10-5-3-4-9(16-10)11(17)15-8-13(12(18)19)6-1-2-7-13/h3-5H,1-2,6-8H2,(H,15,17)(H,18,19). The van der Waals surface area contributed by atoms with Crippen molar-refractivity contribution in [3.8, 4) is 0 Å². The molecule has 1 aliphatic rings. The number of rotatable bonds is 4. The number of hydrogen-bond acceptors (Lipinski definition) is 3. The van der Waals surface area contributed by atoms with E-state index in [1.165, 1.54) is 12.1 Å². The zero-order valence-corrected chi connectivity index (χ0v) is 10.4. The molecule has 19 heavy (non-hydrogen) atoms. The van der Waals surface area contributed by atoms with Gasteiger partial charge in [-0.2, -0.15) is 4.39 Å². The van der Waals surface area contributed by atoms with E-state index in [0.29, 0.717) is 12.8 Å². The van der Waals surface area contributed by atoms with Crippen molar-refractivity contribution < 1.29 is 19.1 Å².